The number of thioether (sulfide) groups is 1. The first-order valence-corrected chi connectivity index (χ1v) is 8.56. The Kier molecular flexibility index (Phi) is 9.08. The Morgan fingerprint density at radius 1 is 1.38 bits per heavy atom. The lowest BCUT2D eigenvalue weighted by Gasteiger charge is -2.14. The van der Waals surface area contributed by atoms with Gasteiger partial charge in [0.2, 0.25) is 5.91 Å². The van der Waals surface area contributed by atoms with Crippen LogP contribution in [-0.2, 0) is 4.79 Å². The molecule has 1 amide bonds. The molecular formula is C15H20BrClN2OS. The number of rotatable bonds is 6. The predicted molar refractivity (Wildman–Crippen MR) is 95.3 cm³/mol. The van der Waals surface area contributed by atoms with Gasteiger partial charge in [0.15, 0.2) is 0 Å². The maximum absolute atomic E-state index is 11.8. The molecule has 0 bridgehead atoms. The second-order valence-electron chi connectivity index (χ2n) is 4.62. The highest BCUT2D eigenvalue weighted by Gasteiger charge is 2.06. The fourth-order valence-corrected chi connectivity index (χ4v) is 3.46. The molecule has 1 aromatic rings. The minimum Gasteiger partial charge on any atom is -0.352 e. The van der Waals surface area contributed by atoms with Crippen molar-refractivity contribution in [2.24, 2.45) is 0 Å². The Labute approximate surface area is 144 Å². The van der Waals surface area contributed by atoms with Gasteiger partial charge >= 0.3 is 0 Å². The Bertz CT molecular complexity index is 496. The SMILES string of the molecule is Cl.O=C(CCSc1ccccc1Br)NCC1=CCNCC1. The molecule has 0 atom stereocenters. The molecule has 2 N–H and O–H groups in total. The summed E-state index contributed by atoms with van der Waals surface area (Å²) in [4.78, 5) is 13.0. The van der Waals surface area contributed by atoms with Crippen LogP contribution in [0.5, 0.6) is 0 Å². The Hall–Kier alpha value is -0.490. The zero-order valence-electron chi connectivity index (χ0n) is 11.7. The fourth-order valence-electron chi connectivity index (χ4n) is 1.95. The minimum atomic E-state index is 0. The van der Waals surface area contributed by atoms with E-state index in [1.54, 1.807) is 11.8 Å². The van der Waals surface area contributed by atoms with Gasteiger partial charge in [-0.1, -0.05) is 23.8 Å². The molecule has 116 valence electrons. The quantitative estimate of drug-likeness (QED) is 0.577. The van der Waals surface area contributed by atoms with Crippen molar-refractivity contribution >= 4 is 46.0 Å². The standard InChI is InChI=1S/C15H19BrN2OS.ClH/c16-13-3-1-2-4-14(13)20-10-7-15(19)18-11-12-5-8-17-9-6-12;/h1-5,17H,6-11H2,(H,18,19);1H. The van der Waals surface area contributed by atoms with Crippen molar-refractivity contribution in [3.05, 3.63) is 40.4 Å². The fraction of sp³-hybridized carbons (Fsp3) is 0.400. The third kappa shape index (κ3) is 6.87. The number of hydrogen-bond donors (Lipinski definition) is 2. The highest BCUT2D eigenvalue weighted by Crippen LogP contribution is 2.27. The summed E-state index contributed by atoms with van der Waals surface area (Å²) in [5.41, 5.74) is 1.33. The van der Waals surface area contributed by atoms with E-state index in [2.05, 4.69) is 38.7 Å². The van der Waals surface area contributed by atoms with Crippen molar-refractivity contribution in [1.82, 2.24) is 10.6 Å². The van der Waals surface area contributed by atoms with Crippen LogP contribution in [0.2, 0.25) is 0 Å². The van der Waals surface area contributed by atoms with E-state index >= 15 is 0 Å². The van der Waals surface area contributed by atoms with Crippen LogP contribution in [0.15, 0.2) is 45.3 Å². The number of halogens is 2. The van der Waals surface area contributed by atoms with Crippen LogP contribution in [0.25, 0.3) is 0 Å². The molecule has 6 heteroatoms. The van der Waals surface area contributed by atoms with E-state index in [0.717, 1.165) is 29.7 Å². The molecule has 1 aliphatic heterocycles. The van der Waals surface area contributed by atoms with Crippen LogP contribution >= 0.6 is 40.1 Å². The van der Waals surface area contributed by atoms with Crippen LogP contribution in [0.1, 0.15) is 12.8 Å². The molecule has 0 unspecified atom stereocenters. The van der Waals surface area contributed by atoms with Gasteiger partial charge in [0.1, 0.15) is 0 Å². The van der Waals surface area contributed by atoms with Crippen molar-refractivity contribution in [1.29, 1.82) is 0 Å². The molecule has 3 nitrogen and oxygen atoms in total. The summed E-state index contributed by atoms with van der Waals surface area (Å²) in [5, 5.41) is 6.26. The van der Waals surface area contributed by atoms with Crippen LogP contribution in [0, 0.1) is 0 Å². The number of nitrogens with one attached hydrogen (secondary N) is 2. The molecule has 1 aromatic carbocycles. The van der Waals surface area contributed by atoms with Gasteiger partial charge in [-0.3, -0.25) is 4.79 Å². The molecule has 0 spiro atoms. The Morgan fingerprint density at radius 2 is 2.19 bits per heavy atom. The van der Waals surface area contributed by atoms with Crippen LogP contribution < -0.4 is 10.6 Å². The van der Waals surface area contributed by atoms with Gasteiger partial charge in [0.05, 0.1) is 0 Å². The third-order valence-corrected chi connectivity index (χ3v) is 5.12. The maximum Gasteiger partial charge on any atom is 0.221 e. The zero-order chi connectivity index (χ0) is 14.2. The monoisotopic (exact) mass is 390 g/mol. The van der Waals surface area contributed by atoms with E-state index in [1.807, 2.05) is 18.2 Å². The van der Waals surface area contributed by atoms with Crippen molar-refractivity contribution in [3.8, 4) is 0 Å². The van der Waals surface area contributed by atoms with Crippen molar-refractivity contribution in [2.75, 3.05) is 25.4 Å². The molecule has 21 heavy (non-hydrogen) atoms. The van der Waals surface area contributed by atoms with E-state index < -0.39 is 0 Å². The first kappa shape index (κ1) is 18.6. The molecule has 0 aromatic heterocycles. The van der Waals surface area contributed by atoms with Gasteiger partial charge in [-0.05, 0) is 41.0 Å². The second kappa shape index (κ2) is 10.3. The molecule has 1 heterocycles. The molecule has 0 aliphatic carbocycles. The van der Waals surface area contributed by atoms with Crippen molar-refractivity contribution in [3.63, 3.8) is 0 Å². The highest BCUT2D eigenvalue weighted by atomic mass is 79.9. The number of carbonyl (C=O) groups is 1. The van der Waals surface area contributed by atoms with Gasteiger partial charge in [0, 0.05) is 34.6 Å². The van der Waals surface area contributed by atoms with Crippen molar-refractivity contribution in [2.45, 2.75) is 17.7 Å². The van der Waals surface area contributed by atoms with Gasteiger partial charge in [0.25, 0.3) is 0 Å². The van der Waals surface area contributed by atoms with Gasteiger partial charge in [-0.15, -0.1) is 24.2 Å². The van der Waals surface area contributed by atoms with Gasteiger partial charge in [-0.25, -0.2) is 0 Å². The maximum atomic E-state index is 11.8. The second-order valence-corrected chi connectivity index (χ2v) is 6.61. The molecule has 1 aliphatic rings. The van der Waals surface area contributed by atoms with Gasteiger partial charge < -0.3 is 10.6 Å². The van der Waals surface area contributed by atoms with Crippen molar-refractivity contribution < 1.29 is 4.79 Å². The topological polar surface area (TPSA) is 41.1 Å². The summed E-state index contributed by atoms with van der Waals surface area (Å²) >= 11 is 5.22. The zero-order valence-corrected chi connectivity index (χ0v) is 15.0. The summed E-state index contributed by atoms with van der Waals surface area (Å²) in [6, 6.07) is 8.09. The largest absolute Gasteiger partial charge is 0.352 e. The summed E-state index contributed by atoms with van der Waals surface area (Å²) in [6.45, 7) is 2.63. The van der Waals surface area contributed by atoms with Crippen LogP contribution in [0.3, 0.4) is 0 Å². The number of amides is 1. The van der Waals surface area contributed by atoms with Gasteiger partial charge in [-0.2, -0.15) is 0 Å². The molecule has 0 saturated heterocycles. The molecular weight excluding hydrogens is 372 g/mol. The average molecular weight is 392 g/mol. The Morgan fingerprint density at radius 3 is 2.90 bits per heavy atom. The molecule has 2 rings (SSSR count). The third-order valence-electron chi connectivity index (χ3n) is 3.09. The number of benzene rings is 1. The number of hydrogen-bond acceptors (Lipinski definition) is 3. The smallest absolute Gasteiger partial charge is 0.221 e. The summed E-state index contributed by atoms with van der Waals surface area (Å²) in [7, 11) is 0. The summed E-state index contributed by atoms with van der Waals surface area (Å²) in [6.07, 6.45) is 3.75. The summed E-state index contributed by atoms with van der Waals surface area (Å²) in [5.74, 6) is 0.929. The van der Waals surface area contributed by atoms with E-state index in [9.17, 15) is 4.79 Å². The molecule has 0 saturated carbocycles. The van der Waals surface area contributed by atoms with E-state index in [4.69, 9.17) is 0 Å². The first-order valence-electron chi connectivity index (χ1n) is 6.78. The van der Waals surface area contributed by atoms with Crippen LogP contribution in [0.4, 0.5) is 0 Å². The van der Waals surface area contributed by atoms with E-state index in [0.29, 0.717) is 13.0 Å². The predicted octanol–water partition coefficient (Wildman–Crippen LogP) is 3.39. The normalized spacial score (nSPS) is 14.0. The van der Waals surface area contributed by atoms with Crippen LogP contribution in [-0.4, -0.2) is 31.3 Å². The minimum absolute atomic E-state index is 0. The molecule has 0 fully saturated rings. The molecule has 0 radical (unpaired) electrons. The highest BCUT2D eigenvalue weighted by molar-refractivity contribution is 9.10. The average Bonchev–Trinajstić information content (AvgIpc) is 2.48. The lowest BCUT2D eigenvalue weighted by molar-refractivity contribution is -0.120. The first-order chi connectivity index (χ1) is 9.75. The Balaban J connectivity index is 0.00000220. The lowest BCUT2D eigenvalue weighted by Crippen LogP contribution is -2.29. The van der Waals surface area contributed by atoms with E-state index in [1.165, 1.54) is 10.5 Å². The summed E-state index contributed by atoms with van der Waals surface area (Å²) < 4.78 is 1.09. The number of carbonyl (C=O) groups excluding carboxylic acids is 1. The van der Waals surface area contributed by atoms with E-state index in [-0.39, 0.29) is 18.3 Å². The lowest BCUT2D eigenvalue weighted by atomic mass is 10.1.